The number of nitrogens with zero attached hydrogens (tertiary/aromatic N) is 2. The van der Waals surface area contributed by atoms with Crippen LogP contribution in [0.3, 0.4) is 0 Å². The number of amides is 1. The standard InChI is InChI=1S/C28H47N3O3/c1-29-21-24(19-23-11-4-3-5-12-23)20-27(32)31-17-10-13-25(22-31)28(33,15-7-9-18-34-2)26-14-6-8-16-30-26/h6,8,14,16,23-25,29,33H,3-5,7,9-13,15,17-22H2,1-2H3/t24-,25-,28+/m1/s1. The van der Waals surface area contributed by atoms with Gasteiger partial charge in [-0.1, -0.05) is 38.2 Å². The second kappa shape index (κ2) is 14.2. The molecule has 192 valence electrons. The number of ether oxygens (including phenoxy) is 1. The van der Waals surface area contributed by atoms with Crippen LogP contribution in [0, 0.1) is 17.8 Å². The zero-order valence-corrected chi connectivity index (χ0v) is 21.5. The lowest BCUT2D eigenvalue weighted by molar-refractivity contribution is -0.138. The highest BCUT2D eigenvalue weighted by Crippen LogP contribution is 2.39. The molecule has 0 aromatic carbocycles. The molecule has 0 spiro atoms. The Bertz CT molecular complexity index is 710. The van der Waals surface area contributed by atoms with E-state index in [-0.39, 0.29) is 11.8 Å². The Kier molecular flexibility index (Phi) is 11.3. The summed E-state index contributed by atoms with van der Waals surface area (Å²) < 4.78 is 5.21. The SMILES string of the molecule is CNC[C@@H](CC(=O)N1CCC[C@@H]([C@@](O)(CCCCOC)c2ccccn2)C1)CC1CCCCC1. The summed E-state index contributed by atoms with van der Waals surface area (Å²) in [6, 6.07) is 5.77. The molecule has 1 aliphatic heterocycles. The molecular weight excluding hydrogens is 426 g/mol. The second-order valence-electron chi connectivity index (χ2n) is 10.6. The van der Waals surface area contributed by atoms with Crippen LogP contribution in [0.25, 0.3) is 0 Å². The van der Waals surface area contributed by atoms with Gasteiger partial charge >= 0.3 is 0 Å². The van der Waals surface area contributed by atoms with E-state index in [2.05, 4.69) is 10.3 Å². The molecule has 6 nitrogen and oxygen atoms in total. The molecule has 1 aromatic rings. The maximum atomic E-state index is 13.4. The van der Waals surface area contributed by atoms with Gasteiger partial charge in [-0.05, 0) is 76.1 Å². The van der Waals surface area contributed by atoms with Gasteiger partial charge in [0.2, 0.25) is 5.91 Å². The molecule has 1 saturated carbocycles. The maximum absolute atomic E-state index is 13.4. The molecule has 0 unspecified atom stereocenters. The lowest BCUT2D eigenvalue weighted by Gasteiger charge is -2.42. The van der Waals surface area contributed by atoms with E-state index in [1.807, 2.05) is 30.1 Å². The zero-order chi connectivity index (χ0) is 24.2. The largest absolute Gasteiger partial charge is 0.385 e. The highest BCUT2D eigenvalue weighted by Gasteiger charge is 2.42. The molecular formula is C28H47N3O3. The molecule has 2 fully saturated rings. The average molecular weight is 474 g/mol. The van der Waals surface area contributed by atoms with Crippen LogP contribution in [0.4, 0.5) is 0 Å². The lowest BCUT2D eigenvalue weighted by Crippen LogP contribution is -2.49. The third-order valence-electron chi connectivity index (χ3n) is 8.06. The van der Waals surface area contributed by atoms with Gasteiger partial charge in [-0.25, -0.2) is 0 Å². The first-order valence-corrected chi connectivity index (χ1v) is 13.6. The summed E-state index contributed by atoms with van der Waals surface area (Å²) in [4.78, 5) is 20.0. The predicted octanol–water partition coefficient (Wildman–Crippen LogP) is 4.52. The second-order valence-corrected chi connectivity index (χ2v) is 10.6. The van der Waals surface area contributed by atoms with Gasteiger partial charge in [-0.15, -0.1) is 0 Å². The Hall–Kier alpha value is -1.50. The predicted molar refractivity (Wildman–Crippen MR) is 136 cm³/mol. The monoisotopic (exact) mass is 473 g/mol. The smallest absolute Gasteiger partial charge is 0.222 e. The first-order chi connectivity index (χ1) is 16.6. The molecule has 0 radical (unpaired) electrons. The minimum absolute atomic E-state index is 0.00346. The fourth-order valence-corrected chi connectivity index (χ4v) is 6.19. The molecule has 2 N–H and O–H groups in total. The summed E-state index contributed by atoms with van der Waals surface area (Å²) in [5.41, 5.74) is -0.280. The van der Waals surface area contributed by atoms with Crippen LogP contribution >= 0.6 is 0 Å². The number of pyridine rings is 1. The number of aromatic nitrogens is 1. The topological polar surface area (TPSA) is 74.7 Å². The van der Waals surface area contributed by atoms with E-state index in [0.29, 0.717) is 31.9 Å². The molecule has 1 aliphatic carbocycles. The highest BCUT2D eigenvalue weighted by molar-refractivity contribution is 5.76. The third kappa shape index (κ3) is 7.76. The molecule has 1 aromatic heterocycles. The van der Waals surface area contributed by atoms with E-state index < -0.39 is 5.60 Å². The number of piperidine rings is 1. The molecule has 2 aliphatic rings. The molecule has 34 heavy (non-hydrogen) atoms. The van der Waals surface area contributed by atoms with Gasteiger partial charge in [-0.3, -0.25) is 9.78 Å². The number of carbonyl (C=O) groups is 1. The number of nitrogens with one attached hydrogen (secondary N) is 1. The molecule has 1 saturated heterocycles. The van der Waals surface area contributed by atoms with Crippen LogP contribution in [-0.2, 0) is 15.1 Å². The number of hydrogen-bond acceptors (Lipinski definition) is 5. The minimum atomic E-state index is -1.01. The van der Waals surface area contributed by atoms with Crippen molar-refractivity contribution in [2.45, 2.75) is 82.7 Å². The Morgan fingerprint density at radius 3 is 2.76 bits per heavy atom. The van der Waals surface area contributed by atoms with Gasteiger partial charge in [0.25, 0.3) is 0 Å². The van der Waals surface area contributed by atoms with E-state index in [0.717, 1.165) is 56.8 Å². The van der Waals surface area contributed by atoms with E-state index in [1.54, 1.807) is 13.3 Å². The summed E-state index contributed by atoms with van der Waals surface area (Å²) in [6.07, 6.45) is 14.5. The Balaban J connectivity index is 1.64. The van der Waals surface area contributed by atoms with Crippen LogP contribution in [0.5, 0.6) is 0 Å². The number of likely N-dealkylation sites (tertiary alicyclic amines) is 1. The van der Waals surface area contributed by atoms with Crippen molar-refractivity contribution in [3.05, 3.63) is 30.1 Å². The van der Waals surface area contributed by atoms with E-state index in [9.17, 15) is 9.90 Å². The number of rotatable bonds is 13. The molecule has 1 amide bonds. The van der Waals surface area contributed by atoms with Gasteiger partial charge in [0.05, 0.1) is 5.69 Å². The van der Waals surface area contributed by atoms with Crippen LogP contribution in [-0.4, -0.2) is 61.3 Å². The number of methoxy groups -OCH3 is 1. The number of aliphatic hydroxyl groups is 1. The Labute approximate surface area is 206 Å². The molecule has 2 heterocycles. The average Bonchev–Trinajstić information content (AvgIpc) is 2.88. The molecule has 3 atom stereocenters. The van der Waals surface area contributed by atoms with Crippen LogP contribution < -0.4 is 5.32 Å². The summed E-state index contributed by atoms with van der Waals surface area (Å²) in [7, 11) is 3.71. The third-order valence-corrected chi connectivity index (χ3v) is 8.06. The minimum Gasteiger partial charge on any atom is -0.385 e. The first kappa shape index (κ1) is 27.1. The maximum Gasteiger partial charge on any atom is 0.222 e. The number of hydrogen-bond donors (Lipinski definition) is 2. The van der Waals surface area contributed by atoms with Crippen molar-refractivity contribution in [3.63, 3.8) is 0 Å². The van der Waals surface area contributed by atoms with Crippen molar-refractivity contribution in [3.8, 4) is 0 Å². The molecule has 0 bridgehead atoms. The van der Waals surface area contributed by atoms with Crippen LogP contribution in [0.2, 0.25) is 0 Å². The van der Waals surface area contributed by atoms with E-state index in [1.165, 1.54) is 32.1 Å². The quantitative estimate of drug-likeness (QED) is 0.412. The summed E-state index contributed by atoms with van der Waals surface area (Å²) in [6.45, 7) is 3.01. The van der Waals surface area contributed by atoms with Crippen molar-refractivity contribution in [1.82, 2.24) is 15.2 Å². The van der Waals surface area contributed by atoms with Crippen molar-refractivity contribution in [1.29, 1.82) is 0 Å². The van der Waals surface area contributed by atoms with Crippen molar-refractivity contribution in [2.75, 3.05) is 40.4 Å². The van der Waals surface area contributed by atoms with E-state index >= 15 is 0 Å². The van der Waals surface area contributed by atoms with Crippen LogP contribution in [0.1, 0.15) is 82.7 Å². The fraction of sp³-hybridized carbons (Fsp3) is 0.786. The zero-order valence-electron chi connectivity index (χ0n) is 21.5. The van der Waals surface area contributed by atoms with Gasteiger partial charge < -0.3 is 20.1 Å². The summed E-state index contributed by atoms with van der Waals surface area (Å²) in [5.74, 6) is 1.42. The summed E-state index contributed by atoms with van der Waals surface area (Å²) in [5, 5.41) is 15.3. The van der Waals surface area contributed by atoms with E-state index in [4.69, 9.17) is 4.74 Å². The summed E-state index contributed by atoms with van der Waals surface area (Å²) >= 11 is 0. The Morgan fingerprint density at radius 2 is 2.06 bits per heavy atom. The number of unbranched alkanes of at least 4 members (excludes halogenated alkanes) is 1. The van der Waals surface area contributed by atoms with Crippen LogP contribution in [0.15, 0.2) is 24.4 Å². The fourth-order valence-electron chi connectivity index (χ4n) is 6.19. The normalized spacial score (nSPS) is 22.3. The van der Waals surface area contributed by atoms with Crippen molar-refractivity contribution >= 4 is 5.91 Å². The van der Waals surface area contributed by atoms with Gasteiger partial charge in [-0.2, -0.15) is 0 Å². The van der Waals surface area contributed by atoms with Crippen molar-refractivity contribution in [2.24, 2.45) is 17.8 Å². The van der Waals surface area contributed by atoms with Gasteiger partial charge in [0.1, 0.15) is 5.60 Å². The molecule has 6 heteroatoms. The lowest BCUT2D eigenvalue weighted by atomic mass is 9.76. The van der Waals surface area contributed by atoms with Gasteiger partial charge in [0, 0.05) is 45.3 Å². The van der Waals surface area contributed by atoms with Crippen molar-refractivity contribution < 1.29 is 14.6 Å². The first-order valence-electron chi connectivity index (χ1n) is 13.6. The molecule has 3 rings (SSSR count). The highest BCUT2D eigenvalue weighted by atomic mass is 16.5. The Morgan fingerprint density at radius 1 is 1.24 bits per heavy atom. The number of carbonyl (C=O) groups excluding carboxylic acids is 1. The van der Waals surface area contributed by atoms with Gasteiger partial charge in [0.15, 0.2) is 0 Å².